The molecule has 0 spiro atoms. The van der Waals surface area contributed by atoms with Crippen molar-refractivity contribution in [3.63, 3.8) is 0 Å². The van der Waals surface area contributed by atoms with Crippen molar-refractivity contribution in [2.24, 2.45) is 5.92 Å². The SMILES string of the molecule is CC1CCNCC1.COC. The largest absolute Gasteiger partial charge is 0.388 e. The fraction of sp³-hybridized carbons (Fsp3) is 1.00. The van der Waals surface area contributed by atoms with E-state index in [2.05, 4.69) is 17.0 Å². The summed E-state index contributed by atoms with van der Waals surface area (Å²) in [6, 6.07) is 0. The monoisotopic (exact) mass is 145 g/mol. The zero-order valence-electron chi connectivity index (χ0n) is 7.31. The van der Waals surface area contributed by atoms with E-state index in [0.29, 0.717) is 0 Å². The molecule has 1 aliphatic heterocycles. The molecule has 1 saturated heterocycles. The zero-order valence-corrected chi connectivity index (χ0v) is 7.31. The Morgan fingerprint density at radius 2 is 1.60 bits per heavy atom. The molecular weight excluding hydrogens is 126 g/mol. The van der Waals surface area contributed by atoms with Gasteiger partial charge in [-0.05, 0) is 31.8 Å². The molecule has 1 fully saturated rings. The van der Waals surface area contributed by atoms with Crippen molar-refractivity contribution in [2.75, 3.05) is 27.3 Å². The highest BCUT2D eigenvalue weighted by molar-refractivity contribution is 4.62. The number of nitrogens with one attached hydrogen (secondary N) is 1. The van der Waals surface area contributed by atoms with Crippen LogP contribution in [0.2, 0.25) is 0 Å². The minimum absolute atomic E-state index is 0.973. The van der Waals surface area contributed by atoms with Gasteiger partial charge in [-0.15, -0.1) is 0 Å². The maximum atomic E-state index is 4.25. The predicted octanol–water partition coefficient (Wildman–Crippen LogP) is 1.27. The highest BCUT2D eigenvalue weighted by Gasteiger charge is 2.04. The molecule has 0 amide bonds. The summed E-state index contributed by atoms with van der Waals surface area (Å²) in [5.74, 6) is 0.973. The number of methoxy groups -OCH3 is 1. The summed E-state index contributed by atoms with van der Waals surface area (Å²) in [4.78, 5) is 0. The molecule has 2 nitrogen and oxygen atoms in total. The second-order valence-corrected chi connectivity index (χ2v) is 2.84. The van der Waals surface area contributed by atoms with Gasteiger partial charge in [-0.2, -0.15) is 0 Å². The van der Waals surface area contributed by atoms with Crippen molar-refractivity contribution in [2.45, 2.75) is 19.8 Å². The van der Waals surface area contributed by atoms with Crippen molar-refractivity contribution >= 4 is 0 Å². The molecule has 0 bridgehead atoms. The lowest BCUT2D eigenvalue weighted by atomic mass is 10.0. The van der Waals surface area contributed by atoms with Crippen LogP contribution in [0, 0.1) is 5.92 Å². The van der Waals surface area contributed by atoms with Gasteiger partial charge in [-0.1, -0.05) is 6.92 Å². The molecule has 0 unspecified atom stereocenters. The third-order valence-electron chi connectivity index (χ3n) is 1.63. The molecular formula is C8H19NO. The van der Waals surface area contributed by atoms with E-state index in [-0.39, 0.29) is 0 Å². The summed E-state index contributed by atoms with van der Waals surface area (Å²) >= 11 is 0. The number of rotatable bonds is 0. The van der Waals surface area contributed by atoms with Crippen LogP contribution in [-0.4, -0.2) is 27.3 Å². The van der Waals surface area contributed by atoms with Gasteiger partial charge in [-0.3, -0.25) is 0 Å². The van der Waals surface area contributed by atoms with Crippen LogP contribution in [0.4, 0.5) is 0 Å². The molecule has 62 valence electrons. The smallest absolute Gasteiger partial charge is 0.0351 e. The first-order valence-corrected chi connectivity index (χ1v) is 3.92. The molecule has 0 aromatic heterocycles. The minimum atomic E-state index is 0.973. The zero-order chi connectivity index (χ0) is 7.82. The molecule has 10 heavy (non-hydrogen) atoms. The van der Waals surface area contributed by atoms with Gasteiger partial charge in [0.25, 0.3) is 0 Å². The molecule has 2 heteroatoms. The van der Waals surface area contributed by atoms with E-state index in [1.807, 2.05) is 0 Å². The average Bonchev–Trinajstić information content (AvgIpc) is 1.91. The second-order valence-electron chi connectivity index (χ2n) is 2.84. The lowest BCUT2D eigenvalue weighted by molar-refractivity contribution is 0.277. The fourth-order valence-corrected chi connectivity index (χ4v) is 0.966. The van der Waals surface area contributed by atoms with Crippen molar-refractivity contribution < 1.29 is 4.74 Å². The maximum Gasteiger partial charge on any atom is 0.0351 e. The lowest BCUT2D eigenvalue weighted by Crippen LogP contribution is -2.26. The van der Waals surface area contributed by atoms with Crippen LogP contribution in [0.15, 0.2) is 0 Å². The Balaban J connectivity index is 0.000000236. The average molecular weight is 145 g/mol. The molecule has 0 atom stereocenters. The van der Waals surface area contributed by atoms with Gasteiger partial charge in [0.05, 0.1) is 0 Å². The van der Waals surface area contributed by atoms with Crippen LogP contribution in [0.1, 0.15) is 19.8 Å². The second kappa shape index (κ2) is 7.03. The summed E-state index contributed by atoms with van der Waals surface area (Å²) in [7, 11) is 3.25. The Morgan fingerprint density at radius 3 is 1.80 bits per heavy atom. The summed E-state index contributed by atoms with van der Waals surface area (Å²) in [5, 5.41) is 3.32. The molecule has 0 aromatic rings. The quantitative estimate of drug-likeness (QED) is 0.554. The van der Waals surface area contributed by atoms with Crippen LogP contribution in [0.5, 0.6) is 0 Å². The van der Waals surface area contributed by atoms with E-state index < -0.39 is 0 Å². The number of ether oxygens (including phenoxy) is 1. The summed E-state index contributed by atoms with van der Waals surface area (Å²) in [6.07, 6.45) is 2.75. The molecule has 1 rings (SSSR count). The van der Waals surface area contributed by atoms with Gasteiger partial charge in [-0.25, -0.2) is 0 Å². The Morgan fingerprint density at radius 1 is 1.20 bits per heavy atom. The van der Waals surface area contributed by atoms with Gasteiger partial charge in [0.15, 0.2) is 0 Å². The highest BCUT2D eigenvalue weighted by Crippen LogP contribution is 2.08. The molecule has 1 aliphatic rings. The predicted molar refractivity (Wildman–Crippen MR) is 44.2 cm³/mol. The van der Waals surface area contributed by atoms with E-state index >= 15 is 0 Å². The molecule has 1 heterocycles. The summed E-state index contributed by atoms with van der Waals surface area (Å²) in [6.45, 7) is 4.79. The van der Waals surface area contributed by atoms with E-state index in [4.69, 9.17) is 0 Å². The van der Waals surface area contributed by atoms with Crippen LogP contribution < -0.4 is 5.32 Å². The van der Waals surface area contributed by atoms with Gasteiger partial charge in [0.1, 0.15) is 0 Å². The van der Waals surface area contributed by atoms with Crippen LogP contribution >= 0.6 is 0 Å². The van der Waals surface area contributed by atoms with E-state index in [9.17, 15) is 0 Å². The first-order valence-electron chi connectivity index (χ1n) is 3.92. The van der Waals surface area contributed by atoms with Crippen LogP contribution in [0.3, 0.4) is 0 Å². The first-order chi connectivity index (χ1) is 4.81. The Bertz CT molecular complexity index is 60.3. The summed E-state index contributed by atoms with van der Waals surface area (Å²) < 4.78 is 4.25. The van der Waals surface area contributed by atoms with E-state index in [1.165, 1.54) is 25.9 Å². The van der Waals surface area contributed by atoms with Gasteiger partial charge < -0.3 is 10.1 Å². The molecule has 0 aliphatic carbocycles. The van der Waals surface area contributed by atoms with Crippen LogP contribution in [-0.2, 0) is 4.74 Å². The maximum absolute atomic E-state index is 4.25. The van der Waals surface area contributed by atoms with E-state index in [0.717, 1.165) is 5.92 Å². The Labute approximate surface area is 64.0 Å². The lowest BCUT2D eigenvalue weighted by Gasteiger charge is -2.17. The first kappa shape index (κ1) is 9.92. The number of hydrogen-bond donors (Lipinski definition) is 1. The Hall–Kier alpha value is -0.0800. The van der Waals surface area contributed by atoms with Crippen molar-refractivity contribution in [3.05, 3.63) is 0 Å². The van der Waals surface area contributed by atoms with Crippen LogP contribution in [0.25, 0.3) is 0 Å². The topological polar surface area (TPSA) is 21.3 Å². The summed E-state index contributed by atoms with van der Waals surface area (Å²) in [5.41, 5.74) is 0. The van der Waals surface area contributed by atoms with E-state index in [1.54, 1.807) is 14.2 Å². The third kappa shape index (κ3) is 6.05. The third-order valence-corrected chi connectivity index (χ3v) is 1.63. The molecule has 0 radical (unpaired) electrons. The Kier molecular flexibility index (Phi) is 6.98. The molecule has 0 saturated carbocycles. The molecule has 0 aromatic carbocycles. The van der Waals surface area contributed by atoms with Gasteiger partial charge in [0.2, 0.25) is 0 Å². The standard InChI is InChI=1S/C6H13N.C2H6O/c1-6-2-4-7-5-3-6;1-3-2/h6-7H,2-5H2,1H3;1-2H3. The van der Waals surface area contributed by atoms with Crippen molar-refractivity contribution in [3.8, 4) is 0 Å². The number of piperidine rings is 1. The highest BCUT2D eigenvalue weighted by atomic mass is 16.4. The van der Waals surface area contributed by atoms with Crippen molar-refractivity contribution in [1.82, 2.24) is 5.32 Å². The molecule has 1 N–H and O–H groups in total. The minimum Gasteiger partial charge on any atom is -0.388 e. The normalized spacial score (nSPS) is 19.5. The van der Waals surface area contributed by atoms with Gasteiger partial charge in [0, 0.05) is 14.2 Å². The number of hydrogen-bond acceptors (Lipinski definition) is 2. The van der Waals surface area contributed by atoms with Crippen molar-refractivity contribution in [1.29, 1.82) is 0 Å². The van der Waals surface area contributed by atoms with Gasteiger partial charge >= 0.3 is 0 Å². The fourth-order valence-electron chi connectivity index (χ4n) is 0.966.